The molecule has 0 spiro atoms. The van der Waals surface area contributed by atoms with Crippen molar-refractivity contribution in [2.45, 2.75) is 0 Å². The highest BCUT2D eigenvalue weighted by atomic mass is 35.5. The number of benzene rings is 2. The normalized spacial score (nSPS) is 10.8. The summed E-state index contributed by atoms with van der Waals surface area (Å²) in [6.45, 7) is 0. The van der Waals surface area contributed by atoms with Crippen LogP contribution in [0.15, 0.2) is 66.7 Å². The third kappa shape index (κ3) is 2.74. The highest BCUT2D eigenvalue weighted by molar-refractivity contribution is 6.28. The van der Waals surface area contributed by atoms with E-state index in [1.165, 1.54) is 4.52 Å². The Hall–Kier alpha value is -2.92. The van der Waals surface area contributed by atoms with Gasteiger partial charge in [-0.1, -0.05) is 42.5 Å². The summed E-state index contributed by atoms with van der Waals surface area (Å²) < 4.78 is 7.26. The lowest BCUT2D eigenvalue weighted by molar-refractivity contribution is 0.452. The van der Waals surface area contributed by atoms with Gasteiger partial charge in [-0.25, -0.2) is 0 Å². The molecule has 0 N–H and O–H groups in total. The molecule has 0 atom stereocenters. The van der Waals surface area contributed by atoms with Gasteiger partial charge >= 0.3 is 0 Å². The molecule has 0 amide bonds. The molecule has 0 aliphatic heterocycles. The second-order valence-corrected chi connectivity index (χ2v) is 5.24. The lowest BCUT2D eigenvalue weighted by Gasteiger charge is -2.07. The smallest absolute Gasteiger partial charge is 0.246 e. The molecule has 0 aliphatic rings. The van der Waals surface area contributed by atoms with E-state index in [2.05, 4.69) is 27.4 Å². The topological polar surface area (TPSA) is 52.3 Å². The van der Waals surface area contributed by atoms with Crippen molar-refractivity contribution in [1.82, 2.24) is 19.8 Å². The second kappa shape index (κ2) is 5.70. The van der Waals surface area contributed by atoms with E-state index in [0.29, 0.717) is 17.3 Å². The number of rotatable bonds is 3. The molecule has 112 valence electrons. The zero-order valence-electron chi connectivity index (χ0n) is 11.9. The molecule has 23 heavy (non-hydrogen) atoms. The average molecular weight is 323 g/mol. The summed E-state index contributed by atoms with van der Waals surface area (Å²) in [5.74, 6) is 1.12. The van der Waals surface area contributed by atoms with Gasteiger partial charge in [0.15, 0.2) is 5.65 Å². The molecule has 2 aromatic carbocycles. The van der Waals surface area contributed by atoms with Crippen LogP contribution in [0.4, 0.5) is 0 Å². The van der Waals surface area contributed by atoms with E-state index >= 15 is 0 Å². The standard InChI is InChI=1S/C17H11ClN4O/c18-17-20-19-15-9-10-16(21-22(15)17)23-14-8-4-7-13(11-14)12-5-2-1-3-6-12/h1-11H. The Bertz CT molecular complexity index is 969. The first-order valence-electron chi connectivity index (χ1n) is 7.01. The molecule has 0 aliphatic carbocycles. The molecular weight excluding hydrogens is 312 g/mol. The third-order valence-corrected chi connectivity index (χ3v) is 3.60. The van der Waals surface area contributed by atoms with Crippen molar-refractivity contribution in [2.75, 3.05) is 0 Å². The minimum Gasteiger partial charge on any atom is -0.438 e. The van der Waals surface area contributed by atoms with Gasteiger partial charge in [0.25, 0.3) is 0 Å². The monoisotopic (exact) mass is 322 g/mol. The Balaban J connectivity index is 1.66. The van der Waals surface area contributed by atoms with Crippen molar-refractivity contribution in [3.63, 3.8) is 0 Å². The van der Waals surface area contributed by atoms with E-state index in [0.717, 1.165) is 11.1 Å². The number of hydrogen-bond acceptors (Lipinski definition) is 4. The molecule has 0 saturated heterocycles. The first-order valence-corrected chi connectivity index (χ1v) is 7.39. The van der Waals surface area contributed by atoms with Crippen LogP contribution >= 0.6 is 11.6 Å². The Kier molecular flexibility index (Phi) is 3.40. The van der Waals surface area contributed by atoms with E-state index in [4.69, 9.17) is 16.3 Å². The number of nitrogens with zero attached hydrogens (tertiary/aromatic N) is 4. The summed E-state index contributed by atoms with van der Waals surface area (Å²) in [6.07, 6.45) is 0. The van der Waals surface area contributed by atoms with Crippen molar-refractivity contribution >= 4 is 17.2 Å². The second-order valence-electron chi connectivity index (χ2n) is 4.91. The Morgan fingerprint density at radius 3 is 2.52 bits per heavy atom. The molecule has 0 fully saturated rings. The maximum absolute atomic E-state index is 5.92. The first kappa shape index (κ1) is 13.7. The van der Waals surface area contributed by atoms with Gasteiger partial charge in [-0.05, 0) is 40.9 Å². The predicted molar refractivity (Wildman–Crippen MR) is 87.7 cm³/mol. The fourth-order valence-corrected chi connectivity index (χ4v) is 2.45. The van der Waals surface area contributed by atoms with Crippen molar-refractivity contribution in [1.29, 1.82) is 0 Å². The fourth-order valence-electron chi connectivity index (χ4n) is 2.29. The first-order chi connectivity index (χ1) is 11.3. The summed E-state index contributed by atoms with van der Waals surface area (Å²) >= 11 is 5.92. The molecule has 5 nitrogen and oxygen atoms in total. The average Bonchev–Trinajstić information content (AvgIpc) is 2.97. The molecule has 2 aromatic heterocycles. The maximum Gasteiger partial charge on any atom is 0.246 e. The summed E-state index contributed by atoms with van der Waals surface area (Å²) in [5.41, 5.74) is 2.77. The predicted octanol–water partition coefficient (Wildman–Crippen LogP) is 4.24. The summed E-state index contributed by atoms with van der Waals surface area (Å²) in [5, 5.41) is 12.1. The van der Waals surface area contributed by atoms with E-state index < -0.39 is 0 Å². The molecule has 0 saturated carbocycles. The van der Waals surface area contributed by atoms with Crippen molar-refractivity contribution < 1.29 is 4.74 Å². The van der Waals surface area contributed by atoms with Crippen LogP contribution in [-0.2, 0) is 0 Å². The number of halogens is 1. The Labute approximate surface area is 137 Å². The summed E-state index contributed by atoms with van der Waals surface area (Å²) in [7, 11) is 0. The molecule has 0 bridgehead atoms. The van der Waals surface area contributed by atoms with Gasteiger partial charge in [-0.15, -0.1) is 15.3 Å². The molecule has 6 heteroatoms. The van der Waals surface area contributed by atoms with Gasteiger partial charge in [-0.3, -0.25) is 0 Å². The molecule has 0 radical (unpaired) electrons. The summed E-state index contributed by atoms with van der Waals surface area (Å²) in [4.78, 5) is 0. The van der Waals surface area contributed by atoms with Gasteiger partial charge < -0.3 is 4.74 Å². The largest absolute Gasteiger partial charge is 0.438 e. The van der Waals surface area contributed by atoms with Crippen LogP contribution in [-0.4, -0.2) is 19.8 Å². The zero-order valence-corrected chi connectivity index (χ0v) is 12.7. The maximum atomic E-state index is 5.92. The molecule has 2 heterocycles. The van der Waals surface area contributed by atoms with Crippen molar-refractivity contribution in [3.8, 4) is 22.8 Å². The van der Waals surface area contributed by atoms with Crippen LogP contribution in [0, 0.1) is 0 Å². The van der Waals surface area contributed by atoms with Gasteiger partial charge in [0.05, 0.1) is 0 Å². The van der Waals surface area contributed by atoms with Crippen LogP contribution in [0.3, 0.4) is 0 Å². The third-order valence-electron chi connectivity index (χ3n) is 3.36. The Morgan fingerprint density at radius 2 is 1.65 bits per heavy atom. The highest BCUT2D eigenvalue weighted by Gasteiger charge is 2.07. The van der Waals surface area contributed by atoms with Gasteiger partial charge in [0.2, 0.25) is 11.2 Å². The zero-order chi connectivity index (χ0) is 15.6. The lowest BCUT2D eigenvalue weighted by Crippen LogP contribution is -1.95. The van der Waals surface area contributed by atoms with Crippen molar-refractivity contribution in [2.24, 2.45) is 0 Å². The highest BCUT2D eigenvalue weighted by Crippen LogP contribution is 2.26. The SMILES string of the molecule is Clc1nnc2ccc(Oc3cccc(-c4ccccc4)c3)nn12. The van der Waals surface area contributed by atoms with Crippen molar-refractivity contribution in [3.05, 3.63) is 72.0 Å². The number of ether oxygens (including phenoxy) is 1. The lowest BCUT2D eigenvalue weighted by atomic mass is 10.1. The van der Waals surface area contributed by atoms with E-state index in [1.807, 2.05) is 42.5 Å². The molecule has 0 unspecified atom stereocenters. The van der Waals surface area contributed by atoms with Crippen LogP contribution in [0.2, 0.25) is 5.28 Å². The molecule has 4 rings (SSSR count). The van der Waals surface area contributed by atoms with E-state index in [1.54, 1.807) is 12.1 Å². The molecular formula is C17H11ClN4O. The van der Waals surface area contributed by atoms with Crippen LogP contribution < -0.4 is 4.74 Å². The van der Waals surface area contributed by atoms with Gasteiger partial charge in [-0.2, -0.15) is 4.52 Å². The Morgan fingerprint density at radius 1 is 0.826 bits per heavy atom. The van der Waals surface area contributed by atoms with E-state index in [-0.39, 0.29) is 5.28 Å². The quantitative estimate of drug-likeness (QED) is 0.566. The number of aromatic nitrogens is 4. The van der Waals surface area contributed by atoms with Gasteiger partial charge in [0, 0.05) is 6.07 Å². The fraction of sp³-hybridized carbons (Fsp3) is 0. The van der Waals surface area contributed by atoms with E-state index in [9.17, 15) is 0 Å². The van der Waals surface area contributed by atoms with Crippen LogP contribution in [0.1, 0.15) is 0 Å². The number of hydrogen-bond donors (Lipinski definition) is 0. The van der Waals surface area contributed by atoms with Crippen LogP contribution in [0.5, 0.6) is 11.6 Å². The summed E-state index contributed by atoms with van der Waals surface area (Å²) in [6, 6.07) is 21.4. The number of fused-ring (bicyclic) bond motifs is 1. The minimum absolute atomic E-state index is 0.198. The molecule has 4 aromatic rings. The minimum atomic E-state index is 0.198. The van der Waals surface area contributed by atoms with Crippen LogP contribution in [0.25, 0.3) is 16.8 Å². The van der Waals surface area contributed by atoms with Gasteiger partial charge in [0.1, 0.15) is 5.75 Å².